The molecule has 0 aromatic heterocycles. The van der Waals surface area contributed by atoms with Crippen molar-refractivity contribution in [1.29, 1.82) is 0 Å². The molecule has 2 nitrogen and oxygen atoms in total. The fourth-order valence-corrected chi connectivity index (χ4v) is 0.655. The minimum absolute atomic E-state index is 0.215. The molecule has 1 unspecified atom stereocenters. The molecule has 0 fully saturated rings. The van der Waals surface area contributed by atoms with E-state index in [1.54, 1.807) is 6.92 Å². The van der Waals surface area contributed by atoms with E-state index in [2.05, 4.69) is 0 Å². The van der Waals surface area contributed by atoms with Crippen molar-refractivity contribution in [3.05, 3.63) is 12.3 Å². The summed E-state index contributed by atoms with van der Waals surface area (Å²) < 4.78 is 0.486. The van der Waals surface area contributed by atoms with Gasteiger partial charge in [-0.15, -0.1) is 0 Å². The molecule has 2 heteroatoms. The lowest BCUT2D eigenvalue weighted by Crippen LogP contribution is -2.47. The van der Waals surface area contributed by atoms with Gasteiger partial charge in [-0.05, 0) is 0 Å². The zero-order chi connectivity index (χ0) is 6.20. The maximum atomic E-state index is 10.7. The molecule has 0 spiro atoms. The second-order valence-corrected chi connectivity index (χ2v) is 2.35. The van der Waals surface area contributed by atoms with Gasteiger partial charge in [0.05, 0.1) is 14.0 Å². The van der Waals surface area contributed by atoms with Crippen LogP contribution in [-0.4, -0.2) is 24.0 Å². The van der Waals surface area contributed by atoms with Crippen LogP contribution in [0.1, 0.15) is 6.92 Å². The molecule has 8 heavy (non-hydrogen) atoms. The van der Waals surface area contributed by atoms with Crippen LogP contribution in [0.2, 0.25) is 0 Å². The molecule has 0 aromatic rings. The highest BCUT2D eigenvalue weighted by Gasteiger charge is 2.29. The third kappa shape index (κ3) is 0.574. The van der Waals surface area contributed by atoms with Crippen molar-refractivity contribution in [2.75, 3.05) is 13.6 Å². The van der Waals surface area contributed by atoms with E-state index in [1.807, 2.05) is 19.3 Å². The third-order valence-corrected chi connectivity index (χ3v) is 1.64. The lowest BCUT2D eigenvalue weighted by atomic mass is 10.3. The Morgan fingerprint density at radius 2 is 2.25 bits per heavy atom. The average Bonchev–Trinajstić information content (AvgIpc) is 1.60. The standard InChI is InChI=1S/C6H10NO/c1-6(8)7(2)4-3-5-7/h3-4H,5H2,1-2H3/q+1. The Kier molecular flexibility index (Phi) is 0.978. The predicted octanol–water partition coefficient (Wildman–Crippen LogP) is 0.507. The molecule has 44 valence electrons. The average molecular weight is 112 g/mol. The first-order chi connectivity index (χ1) is 3.65. The highest BCUT2D eigenvalue weighted by Crippen LogP contribution is 2.12. The molecule has 1 heterocycles. The Morgan fingerprint density at radius 3 is 2.25 bits per heavy atom. The molecule has 0 aromatic carbocycles. The van der Waals surface area contributed by atoms with Crippen molar-refractivity contribution in [3.63, 3.8) is 0 Å². The van der Waals surface area contributed by atoms with Crippen molar-refractivity contribution in [2.24, 2.45) is 0 Å². The molecule has 0 saturated heterocycles. The van der Waals surface area contributed by atoms with Gasteiger partial charge in [-0.3, -0.25) is 0 Å². The Morgan fingerprint density at radius 1 is 1.75 bits per heavy atom. The molecule has 1 aliphatic rings. The Balaban J connectivity index is 2.70. The molecule has 0 radical (unpaired) electrons. The number of nitrogens with zero attached hydrogens (tertiary/aromatic N) is 1. The van der Waals surface area contributed by atoms with Gasteiger partial charge in [0.1, 0.15) is 12.7 Å². The Hall–Kier alpha value is -0.630. The van der Waals surface area contributed by atoms with Gasteiger partial charge in [0, 0.05) is 6.08 Å². The molecule has 1 amide bonds. The fourth-order valence-electron chi connectivity index (χ4n) is 0.655. The van der Waals surface area contributed by atoms with E-state index < -0.39 is 0 Å². The minimum Gasteiger partial charge on any atom is -0.234 e. The monoisotopic (exact) mass is 112 g/mol. The molecule has 1 aliphatic heterocycles. The SMILES string of the molecule is CC(=O)[N+]1(C)C=CC1. The van der Waals surface area contributed by atoms with Crippen LogP contribution >= 0.6 is 0 Å². The molecule has 0 N–H and O–H groups in total. The summed E-state index contributed by atoms with van der Waals surface area (Å²) in [6.45, 7) is 2.48. The van der Waals surface area contributed by atoms with Crippen LogP contribution in [0.15, 0.2) is 12.3 Å². The third-order valence-electron chi connectivity index (χ3n) is 1.64. The Labute approximate surface area is 49.0 Å². The first-order valence-corrected chi connectivity index (χ1v) is 2.69. The summed E-state index contributed by atoms with van der Waals surface area (Å²) in [6.07, 6.45) is 3.91. The lowest BCUT2D eigenvalue weighted by molar-refractivity contribution is -0.792. The van der Waals surface area contributed by atoms with E-state index in [1.165, 1.54) is 0 Å². The number of carbonyl (C=O) groups excluding carboxylic acids is 1. The van der Waals surface area contributed by atoms with Gasteiger partial charge >= 0.3 is 5.91 Å². The number of amides is 1. The molecule has 1 rings (SSSR count). The summed E-state index contributed by atoms with van der Waals surface area (Å²) in [5.41, 5.74) is 0. The van der Waals surface area contributed by atoms with E-state index in [-0.39, 0.29) is 5.91 Å². The van der Waals surface area contributed by atoms with Gasteiger partial charge < -0.3 is 0 Å². The second-order valence-electron chi connectivity index (χ2n) is 2.35. The first kappa shape index (κ1) is 5.51. The maximum Gasteiger partial charge on any atom is 0.315 e. The van der Waals surface area contributed by atoms with Crippen LogP contribution < -0.4 is 0 Å². The number of likely N-dealkylation sites (N-methyl/N-ethyl adjacent to an activating group) is 1. The second kappa shape index (κ2) is 1.42. The summed E-state index contributed by atoms with van der Waals surface area (Å²) in [5, 5.41) is 0. The zero-order valence-electron chi connectivity index (χ0n) is 5.22. The summed E-state index contributed by atoms with van der Waals surface area (Å²) in [5.74, 6) is 0.215. The number of hydrogen-bond acceptors (Lipinski definition) is 1. The molecule has 0 aliphatic carbocycles. The van der Waals surface area contributed by atoms with E-state index in [9.17, 15) is 4.79 Å². The minimum atomic E-state index is 0.215. The van der Waals surface area contributed by atoms with Crippen LogP contribution in [-0.2, 0) is 4.79 Å². The number of hydrogen-bond donors (Lipinski definition) is 0. The maximum absolute atomic E-state index is 10.7. The van der Waals surface area contributed by atoms with Crippen molar-refractivity contribution >= 4 is 5.91 Å². The zero-order valence-corrected chi connectivity index (χ0v) is 5.22. The van der Waals surface area contributed by atoms with Crippen LogP contribution in [0.25, 0.3) is 0 Å². The van der Waals surface area contributed by atoms with Crippen molar-refractivity contribution in [1.82, 2.24) is 0 Å². The van der Waals surface area contributed by atoms with Crippen LogP contribution in [0.5, 0.6) is 0 Å². The molecule has 0 bridgehead atoms. The summed E-state index contributed by atoms with van der Waals surface area (Å²) in [6, 6.07) is 0. The lowest BCUT2D eigenvalue weighted by Gasteiger charge is -2.30. The first-order valence-electron chi connectivity index (χ1n) is 2.69. The van der Waals surface area contributed by atoms with Crippen LogP contribution in [0.4, 0.5) is 0 Å². The topological polar surface area (TPSA) is 17.1 Å². The van der Waals surface area contributed by atoms with E-state index in [0.29, 0.717) is 4.48 Å². The largest absolute Gasteiger partial charge is 0.315 e. The predicted molar refractivity (Wildman–Crippen MR) is 30.9 cm³/mol. The van der Waals surface area contributed by atoms with Gasteiger partial charge in [0.15, 0.2) is 0 Å². The quantitative estimate of drug-likeness (QED) is 0.417. The van der Waals surface area contributed by atoms with Gasteiger partial charge in [-0.1, -0.05) is 0 Å². The summed E-state index contributed by atoms with van der Waals surface area (Å²) in [4.78, 5) is 10.7. The van der Waals surface area contributed by atoms with Crippen molar-refractivity contribution < 1.29 is 9.28 Å². The van der Waals surface area contributed by atoms with Gasteiger partial charge in [-0.2, -0.15) is 0 Å². The molecular formula is C6H10NO+. The highest BCUT2D eigenvalue weighted by atomic mass is 16.2. The van der Waals surface area contributed by atoms with Crippen LogP contribution in [0.3, 0.4) is 0 Å². The van der Waals surface area contributed by atoms with Gasteiger partial charge in [0.25, 0.3) is 0 Å². The molecule has 0 saturated carbocycles. The van der Waals surface area contributed by atoms with Gasteiger partial charge in [0.2, 0.25) is 0 Å². The van der Waals surface area contributed by atoms with E-state index in [0.717, 1.165) is 6.54 Å². The van der Waals surface area contributed by atoms with Crippen molar-refractivity contribution in [3.8, 4) is 0 Å². The van der Waals surface area contributed by atoms with E-state index >= 15 is 0 Å². The van der Waals surface area contributed by atoms with Crippen LogP contribution in [0, 0.1) is 0 Å². The Bertz CT molecular complexity index is 151. The fraction of sp³-hybridized carbons (Fsp3) is 0.500. The number of quaternary nitrogens is 1. The summed E-state index contributed by atoms with van der Waals surface area (Å²) >= 11 is 0. The molecular weight excluding hydrogens is 102 g/mol. The number of rotatable bonds is 0. The van der Waals surface area contributed by atoms with Crippen molar-refractivity contribution in [2.45, 2.75) is 6.92 Å². The van der Waals surface area contributed by atoms with Gasteiger partial charge in [-0.25, -0.2) is 9.28 Å². The highest BCUT2D eigenvalue weighted by molar-refractivity contribution is 5.67. The molecule has 1 atom stereocenters. The summed E-state index contributed by atoms with van der Waals surface area (Å²) in [7, 11) is 1.91. The number of carbonyl (C=O) groups is 1. The normalized spacial score (nSPS) is 34.2. The smallest absolute Gasteiger partial charge is 0.234 e. The van der Waals surface area contributed by atoms with E-state index in [4.69, 9.17) is 0 Å².